The van der Waals surface area contributed by atoms with E-state index in [1.54, 1.807) is 0 Å². The second-order valence-corrected chi connectivity index (χ2v) is 3.00. The van der Waals surface area contributed by atoms with Crippen LogP contribution in [-0.2, 0) is 19.4 Å². The van der Waals surface area contributed by atoms with E-state index < -0.39 is 0 Å². The van der Waals surface area contributed by atoms with Gasteiger partial charge in [0.2, 0.25) is 0 Å². The van der Waals surface area contributed by atoms with Crippen LogP contribution in [0.5, 0.6) is 0 Å². The van der Waals surface area contributed by atoms with Crippen molar-refractivity contribution < 1.29 is 4.52 Å². The highest BCUT2D eigenvalue weighted by atomic mass is 16.5. The minimum Gasteiger partial charge on any atom is -0.359 e. The van der Waals surface area contributed by atoms with Crippen molar-refractivity contribution in [3.05, 3.63) is 17.0 Å². The summed E-state index contributed by atoms with van der Waals surface area (Å²) in [4.78, 5) is 0. The number of aromatic nitrogens is 1. The third-order valence-electron chi connectivity index (χ3n) is 2.17. The summed E-state index contributed by atoms with van der Waals surface area (Å²) in [7, 11) is 0. The van der Waals surface area contributed by atoms with Gasteiger partial charge in [0.15, 0.2) is 5.76 Å². The molecule has 0 unspecified atom stereocenters. The molecule has 12 heavy (non-hydrogen) atoms. The van der Waals surface area contributed by atoms with Gasteiger partial charge >= 0.3 is 0 Å². The molecular weight excluding hydrogens is 154 g/mol. The van der Waals surface area contributed by atoms with Crippen molar-refractivity contribution in [3.63, 3.8) is 0 Å². The van der Waals surface area contributed by atoms with Crippen LogP contribution in [0.4, 0.5) is 0 Å². The minimum atomic E-state index is 0.645. The van der Waals surface area contributed by atoms with E-state index in [-0.39, 0.29) is 0 Å². The lowest BCUT2D eigenvalue weighted by molar-refractivity contribution is 0.362. The number of nitrogens with two attached hydrogens (primary N) is 1. The van der Waals surface area contributed by atoms with Gasteiger partial charge in [0.25, 0.3) is 0 Å². The van der Waals surface area contributed by atoms with Crippen molar-refractivity contribution >= 4 is 0 Å². The number of hydrogen-bond acceptors (Lipinski definition) is 4. The van der Waals surface area contributed by atoms with Crippen molar-refractivity contribution in [2.45, 2.75) is 19.4 Å². The summed E-state index contributed by atoms with van der Waals surface area (Å²) >= 11 is 0. The molecule has 0 saturated carbocycles. The molecule has 0 saturated heterocycles. The highest BCUT2D eigenvalue weighted by Crippen LogP contribution is 2.17. The van der Waals surface area contributed by atoms with E-state index in [2.05, 4.69) is 10.5 Å². The van der Waals surface area contributed by atoms with Gasteiger partial charge in [0.05, 0.1) is 12.2 Å². The predicted octanol–water partition coefficient (Wildman–Crippen LogP) is -0.179. The minimum absolute atomic E-state index is 0.645. The molecule has 1 aromatic heterocycles. The number of nitrogens with one attached hydrogen (secondary N) is 1. The van der Waals surface area contributed by atoms with Gasteiger partial charge in [0, 0.05) is 12.0 Å². The van der Waals surface area contributed by atoms with Crippen LogP contribution >= 0.6 is 0 Å². The first-order valence-electron chi connectivity index (χ1n) is 4.29. The summed E-state index contributed by atoms with van der Waals surface area (Å²) < 4.78 is 5.17. The van der Waals surface area contributed by atoms with Gasteiger partial charge in [0.1, 0.15) is 0 Å². The van der Waals surface area contributed by atoms with Crippen LogP contribution in [0.15, 0.2) is 4.52 Å². The number of hydrogen-bond donors (Lipinski definition) is 2. The Labute approximate surface area is 71.1 Å². The zero-order valence-corrected chi connectivity index (χ0v) is 6.97. The SMILES string of the molecule is NCCc1noc2c1CCNC2. The monoisotopic (exact) mass is 167 g/mol. The molecule has 0 bridgehead atoms. The fraction of sp³-hybridized carbons (Fsp3) is 0.625. The third kappa shape index (κ3) is 1.23. The Morgan fingerprint density at radius 3 is 3.33 bits per heavy atom. The van der Waals surface area contributed by atoms with Crippen LogP contribution in [0.25, 0.3) is 0 Å². The Kier molecular flexibility index (Phi) is 2.10. The Morgan fingerprint density at radius 2 is 2.50 bits per heavy atom. The summed E-state index contributed by atoms with van der Waals surface area (Å²) in [6.07, 6.45) is 1.85. The summed E-state index contributed by atoms with van der Waals surface area (Å²) in [6, 6.07) is 0. The van der Waals surface area contributed by atoms with Crippen molar-refractivity contribution in [3.8, 4) is 0 Å². The molecule has 3 N–H and O–H groups in total. The molecule has 0 atom stereocenters. The third-order valence-corrected chi connectivity index (χ3v) is 2.17. The number of nitrogens with zero attached hydrogens (tertiary/aromatic N) is 1. The fourth-order valence-electron chi connectivity index (χ4n) is 1.55. The Hall–Kier alpha value is -0.870. The number of rotatable bonds is 2. The van der Waals surface area contributed by atoms with Gasteiger partial charge in [-0.1, -0.05) is 5.16 Å². The lowest BCUT2D eigenvalue weighted by atomic mass is 10.1. The van der Waals surface area contributed by atoms with Gasteiger partial charge < -0.3 is 15.6 Å². The predicted molar refractivity (Wildman–Crippen MR) is 44.7 cm³/mol. The highest BCUT2D eigenvalue weighted by Gasteiger charge is 2.17. The molecule has 66 valence electrons. The zero-order valence-electron chi connectivity index (χ0n) is 6.97. The van der Waals surface area contributed by atoms with Gasteiger partial charge in [-0.25, -0.2) is 0 Å². The van der Waals surface area contributed by atoms with E-state index in [1.165, 1.54) is 5.56 Å². The van der Waals surface area contributed by atoms with Crippen LogP contribution in [0.3, 0.4) is 0 Å². The van der Waals surface area contributed by atoms with E-state index in [0.717, 1.165) is 37.4 Å². The smallest absolute Gasteiger partial charge is 0.153 e. The molecule has 2 rings (SSSR count). The molecular formula is C8H13N3O. The van der Waals surface area contributed by atoms with Crippen LogP contribution in [0.2, 0.25) is 0 Å². The maximum Gasteiger partial charge on any atom is 0.153 e. The first-order valence-corrected chi connectivity index (χ1v) is 4.29. The summed E-state index contributed by atoms with van der Waals surface area (Å²) in [5.41, 5.74) is 7.78. The lowest BCUT2D eigenvalue weighted by Crippen LogP contribution is -2.23. The zero-order chi connectivity index (χ0) is 8.39. The second-order valence-electron chi connectivity index (χ2n) is 3.00. The summed E-state index contributed by atoms with van der Waals surface area (Å²) in [6.45, 7) is 2.48. The Bertz CT molecular complexity index is 269. The van der Waals surface area contributed by atoms with Crippen LogP contribution < -0.4 is 11.1 Å². The summed E-state index contributed by atoms with van der Waals surface area (Å²) in [5.74, 6) is 0.990. The van der Waals surface area contributed by atoms with Gasteiger partial charge in [-0.05, 0) is 19.5 Å². The van der Waals surface area contributed by atoms with Crippen LogP contribution in [0.1, 0.15) is 17.0 Å². The van der Waals surface area contributed by atoms with Crippen molar-refractivity contribution in [2.24, 2.45) is 5.73 Å². The molecule has 1 aliphatic rings. The Morgan fingerprint density at radius 1 is 1.58 bits per heavy atom. The quantitative estimate of drug-likeness (QED) is 0.641. The molecule has 0 spiro atoms. The van der Waals surface area contributed by atoms with Crippen molar-refractivity contribution in [1.29, 1.82) is 0 Å². The highest BCUT2D eigenvalue weighted by molar-refractivity contribution is 5.25. The van der Waals surface area contributed by atoms with E-state index in [4.69, 9.17) is 10.3 Å². The second kappa shape index (κ2) is 3.25. The van der Waals surface area contributed by atoms with Crippen molar-refractivity contribution in [2.75, 3.05) is 13.1 Å². The largest absolute Gasteiger partial charge is 0.359 e. The van der Waals surface area contributed by atoms with E-state index >= 15 is 0 Å². The topological polar surface area (TPSA) is 64.1 Å². The Balaban J connectivity index is 2.25. The molecule has 4 nitrogen and oxygen atoms in total. The van der Waals surface area contributed by atoms with Gasteiger partial charge in [-0.15, -0.1) is 0 Å². The standard InChI is InChI=1S/C8H13N3O/c9-3-1-7-6-2-4-10-5-8(6)12-11-7/h10H,1-5,9H2. The molecule has 0 amide bonds. The molecule has 0 aliphatic carbocycles. The molecule has 0 aromatic carbocycles. The van der Waals surface area contributed by atoms with E-state index in [1.807, 2.05) is 0 Å². The maximum absolute atomic E-state index is 5.46. The number of fused-ring (bicyclic) bond motifs is 1. The molecule has 1 aliphatic heterocycles. The summed E-state index contributed by atoms with van der Waals surface area (Å²) in [5, 5.41) is 7.22. The van der Waals surface area contributed by atoms with Gasteiger partial charge in [-0.3, -0.25) is 0 Å². The van der Waals surface area contributed by atoms with Crippen LogP contribution in [0, 0.1) is 0 Å². The molecule has 2 heterocycles. The first-order chi connectivity index (χ1) is 5.92. The molecule has 1 aromatic rings. The van der Waals surface area contributed by atoms with Crippen LogP contribution in [-0.4, -0.2) is 18.2 Å². The maximum atomic E-state index is 5.46. The van der Waals surface area contributed by atoms with Gasteiger partial charge in [-0.2, -0.15) is 0 Å². The first kappa shape index (κ1) is 7.76. The average molecular weight is 167 g/mol. The van der Waals surface area contributed by atoms with Crippen molar-refractivity contribution in [1.82, 2.24) is 10.5 Å². The van der Waals surface area contributed by atoms with E-state index in [9.17, 15) is 0 Å². The normalized spacial score (nSPS) is 16.1. The molecule has 4 heteroatoms. The fourth-order valence-corrected chi connectivity index (χ4v) is 1.55. The van der Waals surface area contributed by atoms with E-state index in [0.29, 0.717) is 6.54 Å². The molecule has 0 radical (unpaired) electrons. The average Bonchev–Trinajstić information content (AvgIpc) is 2.50. The lowest BCUT2D eigenvalue weighted by Gasteiger charge is -2.10. The molecule has 0 fully saturated rings.